The number of H-pyrrole nitrogens is 1. The lowest BCUT2D eigenvalue weighted by Gasteiger charge is -2.11. The van der Waals surface area contributed by atoms with Gasteiger partial charge < -0.3 is 10.3 Å². The Labute approximate surface area is 161 Å². The first-order chi connectivity index (χ1) is 13.0. The minimum Gasteiger partial charge on any atom is -0.353 e. The van der Waals surface area contributed by atoms with Crippen molar-refractivity contribution in [2.75, 3.05) is 0 Å². The lowest BCUT2D eigenvalue weighted by molar-refractivity contribution is -0.121. The lowest BCUT2D eigenvalue weighted by atomic mass is 10.0. The molecule has 2 N–H and O–H groups in total. The summed E-state index contributed by atoms with van der Waals surface area (Å²) in [5.41, 5.74) is 4.15. The third-order valence-electron chi connectivity index (χ3n) is 5.36. The van der Waals surface area contributed by atoms with Crippen LogP contribution in [0, 0.1) is 13.8 Å². The Morgan fingerprint density at radius 1 is 1.26 bits per heavy atom. The van der Waals surface area contributed by atoms with Crippen molar-refractivity contribution in [1.82, 2.24) is 15.3 Å². The summed E-state index contributed by atoms with van der Waals surface area (Å²) in [6.07, 6.45) is 4.53. The van der Waals surface area contributed by atoms with Gasteiger partial charge in [-0.3, -0.25) is 9.59 Å². The molecule has 1 aliphatic rings. The first-order valence-electron chi connectivity index (χ1n) is 9.38. The van der Waals surface area contributed by atoms with Crippen LogP contribution in [0.2, 0.25) is 0 Å². The molecule has 1 amide bonds. The highest BCUT2D eigenvalue weighted by Gasteiger charge is 2.19. The van der Waals surface area contributed by atoms with Crippen LogP contribution in [-0.4, -0.2) is 21.9 Å². The second kappa shape index (κ2) is 7.27. The van der Waals surface area contributed by atoms with E-state index in [4.69, 9.17) is 0 Å². The minimum atomic E-state index is -0.182. The summed E-state index contributed by atoms with van der Waals surface area (Å²) in [5, 5.41) is 5.61. The predicted molar refractivity (Wildman–Crippen MR) is 109 cm³/mol. The quantitative estimate of drug-likeness (QED) is 0.720. The van der Waals surface area contributed by atoms with Crippen molar-refractivity contribution in [2.45, 2.75) is 52.0 Å². The molecule has 1 saturated carbocycles. The standard InChI is InChI=1S/C21H23N3O2S/c1-12-7-8-14(9-13(12)2)16-11-27-21-19(16)20(26)23-17(24-21)10-18(25)22-15-5-3-4-6-15/h7-9,11,15H,3-6,10H2,1-2H3,(H,22,25)(H,23,24,26). The number of fused-ring (bicyclic) bond motifs is 1. The molecule has 0 unspecified atom stereocenters. The number of carbonyl (C=O) groups is 1. The number of benzene rings is 1. The van der Waals surface area contributed by atoms with Gasteiger partial charge in [-0.2, -0.15) is 0 Å². The number of amides is 1. The van der Waals surface area contributed by atoms with Crippen LogP contribution in [0.5, 0.6) is 0 Å². The molecule has 0 spiro atoms. The van der Waals surface area contributed by atoms with E-state index in [0.29, 0.717) is 16.0 Å². The van der Waals surface area contributed by atoms with Crippen LogP contribution in [0.25, 0.3) is 21.3 Å². The molecule has 0 bridgehead atoms. The molecule has 140 valence electrons. The van der Waals surface area contributed by atoms with Gasteiger partial charge in [0, 0.05) is 17.0 Å². The largest absolute Gasteiger partial charge is 0.353 e. The molecule has 27 heavy (non-hydrogen) atoms. The van der Waals surface area contributed by atoms with Gasteiger partial charge in [0.25, 0.3) is 5.56 Å². The molecule has 0 aliphatic heterocycles. The summed E-state index contributed by atoms with van der Waals surface area (Å²) in [6.45, 7) is 4.14. The highest BCUT2D eigenvalue weighted by atomic mass is 32.1. The molecule has 3 aromatic rings. The van der Waals surface area contributed by atoms with Gasteiger partial charge in [-0.25, -0.2) is 4.98 Å². The van der Waals surface area contributed by atoms with E-state index in [9.17, 15) is 9.59 Å². The van der Waals surface area contributed by atoms with Crippen LogP contribution >= 0.6 is 11.3 Å². The Morgan fingerprint density at radius 2 is 2.04 bits per heavy atom. The Hall–Kier alpha value is -2.47. The normalized spacial score (nSPS) is 14.7. The van der Waals surface area contributed by atoms with E-state index >= 15 is 0 Å². The van der Waals surface area contributed by atoms with Crippen LogP contribution < -0.4 is 10.9 Å². The van der Waals surface area contributed by atoms with E-state index in [1.54, 1.807) is 0 Å². The van der Waals surface area contributed by atoms with Gasteiger partial charge in [0.15, 0.2) is 0 Å². The van der Waals surface area contributed by atoms with Crippen LogP contribution in [-0.2, 0) is 11.2 Å². The fourth-order valence-electron chi connectivity index (χ4n) is 3.70. The number of aromatic amines is 1. The van der Waals surface area contributed by atoms with Crippen molar-refractivity contribution in [3.8, 4) is 11.1 Å². The predicted octanol–water partition coefficient (Wildman–Crippen LogP) is 3.87. The Bertz CT molecular complexity index is 1060. The van der Waals surface area contributed by atoms with Crippen molar-refractivity contribution in [2.24, 2.45) is 0 Å². The molecule has 0 atom stereocenters. The van der Waals surface area contributed by atoms with E-state index < -0.39 is 0 Å². The van der Waals surface area contributed by atoms with Gasteiger partial charge in [-0.05, 0) is 43.4 Å². The maximum atomic E-state index is 12.7. The molecule has 4 rings (SSSR count). The highest BCUT2D eigenvalue weighted by molar-refractivity contribution is 7.17. The first-order valence-corrected chi connectivity index (χ1v) is 10.3. The number of rotatable bonds is 4. The second-order valence-corrected chi connectivity index (χ2v) is 8.22. The Balaban J connectivity index is 1.62. The molecule has 1 aliphatic carbocycles. The number of nitrogens with zero attached hydrogens (tertiary/aromatic N) is 1. The number of carbonyl (C=O) groups excluding carboxylic acids is 1. The minimum absolute atomic E-state index is 0.0738. The average Bonchev–Trinajstić information content (AvgIpc) is 3.27. The summed E-state index contributed by atoms with van der Waals surface area (Å²) in [6, 6.07) is 6.47. The topological polar surface area (TPSA) is 74.8 Å². The number of aromatic nitrogens is 2. The molecule has 1 aromatic carbocycles. The van der Waals surface area contributed by atoms with Gasteiger partial charge in [0.2, 0.25) is 5.91 Å². The van der Waals surface area contributed by atoms with E-state index in [1.165, 1.54) is 35.3 Å². The van der Waals surface area contributed by atoms with E-state index in [-0.39, 0.29) is 23.9 Å². The summed E-state index contributed by atoms with van der Waals surface area (Å²) in [4.78, 5) is 33.0. The number of thiophene rings is 1. The smallest absolute Gasteiger partial charge is 0.260 e. The zero-order chi connectivity index (χ0) is 19.0. The van der Waals surface area contributed by atoms with Crippen molar-refractivity contribution in [3.63, 3.8) is 0 Å². The lowest BCUT2D eigenvalue weighted by Crippen LogP contribution is -2.34. The molecule has 2 heterocycles. The van der Waals surface area contributed by atoms with Crippen LogP contribution in [0.4, 0.5) is 0 Å². The molecule has 0 radical (unpaired) electrons. The molecule has 5 nitrogen and oxygen atoms in total. The van der Waals surface area contributed by atoms with E-state index in [1.807, 2.05) is 11.4 Å². The molecule has 1 fully saturated rings. The van der Waals surface area contributed by atoms with Gasteiger partial charge >= 0.3 is 0 Å². The first kappa shape index (κ1) is 17.9. The second-order valence-electron chi connectivity index (χ2n) is 7.37. The summed E-state index contributed by atoms with van der Waals surface area (Å²) in [5.74, 6) is 0.354. The summed E-state index contributed by atoms with van der Waals surface area (Å²) in [7, 11) is 0. The molecule has 0 saturated heterocycles. The molecule has 6 heteroatoms. The zero-order valence-corrected chi connectivity index (χ0v) is 16.4. The number of hydrogen-bond acceptors (Lipinski definition) is 4. The van der Waals surface area contributed by atoms with Crippen LogP contribution in [0.3, 0.4) is 0 Å². The van der Waals surface area contributed by atoms with Gasteiger partial charge in [0.05, 0.1) is 11.8 Å². The number of hydrogen-bond donors (Lipinski definition) is 2. The van der Waals surface area contributed by atoms with Crippen molar-refractivity contribution < 1.29 is 4.79 Å². The maximum Gasteiger partial charge on any atom is 0.260 e. The van der Waals surface area contributed by atoms with Gasteiger partial charge in [0.1, 0.15) is 10.7 Å². The molecular weight excluding hydrogens is 358 g/mol. The van der Waals surface area contributed by atoms with E-state index in [2.05, 4.69) is 41.3 Å². The van der Waals surface area contributed by atoms with Crippen molar-refractivity contribution in [1.29, 1.82) is 0 Å². The van der Waals surface area contributed by atoms with Crippen molar-refractivity contribution >= 4 is 27.5 Å². The third-order valence-corrected chi connectivity index (χ3v) is 6.23. The van der Waals surface area contributed by atoms with Crippen molar-refractivity contribution in [3.05, 3.63) is 50.9 Å². The fraction of sp³-hybridized carbons (Fsp3) is 0.381. The third kappa shape index (κ3) is 3.67. The number of aryl methyl sites for hydroxylation is 2. The average molecular weight is 382 g/mol. The van der Waals surface area contributed by atoms with E-state index in [0.717, 1.165) is 24.0 Å². The Kier molecular flexibility index (Phi) is 4.83. The van der Waals surface area contributed by atoms with Crippen LogP contribution in [0.15, 0.2) is 28.4 Å². The highest BCUT2D eigenvalue weighted by Crippen LogP contribution is 2.31. The maximum absolute atomic E-state index is 12.7. The Morgan fingerprint density at radius 3 is 2.78 bits per heavy atom. The molecule has 2 aromatic heterocycles. The number of nitrogens with one attached hydrogen (secondary N) is 2. The van der Waals surface area contributed by atoms with Gasteiger partial charge in [-0.1, -0.05) is 31.0 Å². The summed E-state index contributed by atoms with van der Waals surface area (Å²) >= 11 is 1.44. The summed E-state index contributed by atoms with van der Waals surface area (Å²) < 4.78 is 0. The fourth-order valence-corrected chi connectivity index (χ4v) is 4.67. The zero-order valence-electron chi connectivity index (χ0n) is 15.6. The molecular formula is C21H23N3O2S. The monoisotopic (exact) mass is 381 g/mol. The van der Waals surface area contributed by atoms with Gasteiger partial charge in [-0.15, -0.1) is 11.3 Å². The van der Waals surface area contributed by atoms with Crippen LogP contribution in [0.1, 0.15) is 42.6 Å². The SMILES string of the molecule is Cc1ccc(-c2csc3nc(CC(=O)NC4CCCC4)[nH]c(=O)c23)cc1C.